The van der Waals surface area contributed by atoms with Gasteiger partial charge >= 0.3 is 0 Å². The number of aliphatic hydroxyl groups is 1. The molecule has 0 amide bonds. The van der Waals surface area contributed by atoms with Crippen molar-refractivity contribution < 1.29 is 13.5 Å². The second kappa shape index (κ2) is 6.93. The first kappa shape index (κ1) is 16.5. The first-order chi connectivity index (χ1) is 10.4. The van der Waals surface area contributed by atoms with Crippen molar-refractivity contribution in [2.45, 2.75) is 11.9 Å². The molecule has 0 spiro atoms. The molecule has 4 nitrogen and oxygen atoms in total. The molecule has 0 aliphatic rings. The molecule has 0 heterocycles. The molecule has 0 fully saturated rings. The lowest BCUT2D eigenvalue weighted by Gasteiger charge is -2.12. The van der Waals surface area contributed by atoms with E-state index < -0.39 is 21.7 Å². The van der Waals surface area contributed by atoms with E-state index in [0.717, 1.165) is 0 Å². The van der Waals surface area contributed by atoms with Crippen molar-refractivity contribution in [1.29, 1.82) is 5.26 Å². The average molecular weight is 336 g/mol. The van der Waals surface area contributed by atoms with E-state index in [2.05, 4.69) is 0 Å². The maximum Gasteiger partial charge on any atom is 0.157 e. The second-order valence-electron chi connectivity index (χ2n) is 4.90. The highest BCUT2D eigenvalue weighted by Crippen LogP contribution is 2.21. The summed E-state index contributed by atoms with van der Waals surface area (Å²) in [7, 11) is -3.52. The van der Waals surface area contributed by atoms with E-state index in [4.69, 9.17) is 16.9 Å². The fourth-order valence-electron chi connectivity index (χ4n) is 2.03. The predicted octanol–water partition coefficient (Wildman–Crippen LogP) is 2.86. The molecule has 0 saturated heterocycles. The Morgan fingerprint density at radius 1 is 1.14 bits per heavy atom. The van der Waals surface area contributed by atoms with Crippen molar-refractivity contribution in [2.24, 2.45) is 0 Å². The minimum atomic E-state index is -3.52. The second-order valence-corrected chi connectivity index (χ2v) is 7.41. The Hall–Kier alpha value is -1.87. The summed E-state index contributed by atoms with van der Waals surface area (Å²) in [6.45, 7) is 0. The Morgan fingerprint density at radius 2 is 1.77 bits per heavy atom. The molecule has 6 heteroatoms. The lowest BCUT2D eigenvalue weighted by molar-refractivity contribution is 0.201. The number of hydrogen-bond acceptors (Lipinski definition) is 4. The Labute approximate surface area is 134 Å². The van der Waals surface area contributed by atoms with Gasteiger partial charge in [0.2, 0.25) is 0 Å². The smallest absolute Gasteiger partial charge is 0.157 e. The molecule has 22 heavy (non-hydrogen) atoms. The maximum atomic E-state index is 12.2. The predicted molar refractivity (Wildman–Crippen MR) is 85.1 cm³/mol. The highest BCUT2D eigenvalue weighted by atomic mass is 35.5. The van der Waals surface area contributed by atoms with Crippen LogP contribution in [0.1, 0.15) is 22.8 Å². The number of halogens is 1. The Morgan fingerprint density at radius 3 is 2.36 bits per heavy atom. The van der Waals surface area contributed by atoms with Crippen LogP contribution in [0, 0.1) is 11.3 Å². The molecule has 2 aromatic rings. The summed E-state index contributed by atoms with van der Waals surface area (Å²) < 4.78 is 24.4. The lowest BCUT2D eigenvalue weighted by Crippen LogP contribution is -2.16. The van der Waals surface area contributed by atoms with Crippen molar-refractivity contribution in [3.8, 4) is 6.07 Å². The van der Waals surface area contributed by atoms with Gasteiger partial charge in [0, 0.05) is 5.02 Å². The Bertz CT molecular complexity index is 795. The van der Waals surface area contributed by atoms with Crippen LogP contribution in [0.4, 0.5) is 0 Å². The number of benzene rings is 2. The van der Waals surface area contributed by atoms with Crippen LogP contribution in [0.25, 0.3) is 0 Å². The molecule has 2 aromatic carbocycles. The van der Waals surface area contributed by atoms with Crippen LogP contribution in [0.5, 0.6) is 0 Å². The fraction of sp³-hybridized carbons (Fsp3) is 0.188. The number of aliphatic hydroxyl groups excluding tert-OH is 1. The van der Waals surface area contributed by atoms with Crippen LogP contribution in [0.2, 0.25) is 5.02 Å². The molecule has 1 N–H and O–H groups in total. The third kappa shape index (κ3) is 4.31. The molecular weight excluding hydrogens is 322 g/mol. The monoisotopic (exact) mass is 335 g/mol. The highest BCUT2D eigenvalue weighted by molar-refractivity contribution is 7.90. The summed E-state index contributed by atoms with van der Waals surface area (Å²) in [5.74, 6) is -0.621. The molecule has 0 radical (unpaired) electrons. The quantitative estimate of drug-likeness (QED) is 0.911. The van der Waals surface area contributed by atoms with Crippen LogP contribution in [0.15, 0.2) is 48.5 Å². The topological polar surface area (TPSA) is 78.2 Å². The molecule has 0 saturated carbocycles. The summed E-state index contributed by atoms with van der Waals surface area (Å²) in [5.41, 5.74) is 1.42. The van der Waals surface area contributed by atoms with Gasteiger partial charge in [-0.2, -0.15) is 5.26 Å². The van der Waals surface area contributed by atoms with Gasteiger partial charge < -0.3 is 5.11 Å². The molecule has 0 aliphatic carbocycles. The zero-order chi connectivity index (χ0) is 16.2. The van der Waals surface area contributed by atoms with Crippen LogP contribution >= 0.6 is 11.6 Å². The van der Waals surface area contributed by atoms with Gasteiger partial charge in [-0.05, 0) is 29.3 Å². The fourth-order valence-corrected chi connectivity index (χ4v) is 3.83. The zero-order valence-corrected chi connectivity index (χ0v) is 13.2. The first-order valence-electron chi connectivity index (χ1n) is 6.53. The summed E-state index contributed by atoms with van der Waals surface area (Å²) in [6.07, 6.45) is -1.14. The summed E-state index contributed by atoms with van der Waals surface area (Å²) >= 11 is 5.96. The molecule has 1 unspecified atom stereocenters. The largest absolute Gasteiger partial charge is 0.387 e. The summed E-state index contributed by atoms with van der Waals surface area (Å²) in [4.78, 5) is 0. The van der Waals surface area contributed by atoms with Crippen LogP contribution in [-0.4, -0.2) is 19.3 Å². The van der Waals surface area contributed by atoms with E-state index in [1.165, 1.54) is 0 Å². The minimum Gasteiger partial charge on any atom is -0.387 e. The number of rotatable bonds is 5. The molecule has 1 atom stereocenters. The van der Waals surface area contributed by atoms with Crippen LogP contribution in [0.3, 0.4) is 0 Å². The normalized spacial score (nSPS) is 12.6. The summed E-state index contributed by atoms with van der Waals surface area (Å²) in [6, 6.07) is 14.9. The molecule has 2 rings (SSSR count). The van der Waals surface area contributed by atoms with Gasteiger partial charge in [0.1, 0.15) is 0 Å². The van der Waals surface area contributed by atoms with E-state index in [1.54, 1.807) is 48.5 Å². The average Bonchev–Trinajstić information content (AvgIpc) is 2.49. The van der Waals surface area contributed by atoms with E-state index in [9.17, 15) is 13.5 Å². The highest BCUT2D eigenvalue weighted by Gasteiger charge is 2.20. The van der Waals surface area contributed by atoms with E-state index in [-0.39, 0.29) is 5.75 Å². The zero-order valence-electron chi connectivity index (χ0n) is 11.6. The van der Waals surface area contributed by atoms with Crippen molar-refractivity contribution in [2.75, 3.05) is 5.75 Å². The standard InChI is InChI=1S/C16H14ClNO3S/c17-15-4-2-1-3-14(15)10-22(20,21)11-16(19)13-7-5-12(9-18)6-8-13/h1-8,16,19H,10-11H2. The molecule has 0 aliphatic heterocycles. The number of sulfone groups is 1. The van der Waals surface area contributed by atoms with Crippen molar-refractivity contribution in [3.63, 3.8) is 0 Å². The molecular formula is C16H14ClNO3S. The maximum absolute atomic E-state index is 12.2. The van der Waals surface area contributed by atoms with E-state index in [1.807, 2.05) is 6.07 Å². The first-order valence-corrected chi connectivity index (χ1v) is 8.73. The van der Waals surface area contributed by atoms with Crippen molar-refractivity contribution in [3.05, 3.63) is 70.2 Å². The van der Waals surface area contributed by atoms with Gasteiger partial charge in [0.25, 0.3) is 0 Å². The SMILES string of the molecule is N#Cc1ccc(C(O)CS(=O)(=O)Cc2ccccc2Cl)cc1. The van der Waals surface area contributed by atoms with Gasteiger partial charge in [-0.3, -0.25) is 0 Å². The Kier molecular flexibility index (Phi) is 5.19. The van der Waals surface area contributed by atoms with Gasteiger partial charge in [-0.25, -0.2) is 8.42 Å². The van der Waals surface area contributed by atoms with Crippen LogP contribution in [-0.2, 0) is 15.6 Å². The number of hydrogen-bond donors (Lipinski definition) is 1. The van der Waals surface area contributed by atoms with Crippen LogP contribution < -0.4 is 0 Å². The Balaban J connectivity index is 2.11. The van der Waals surface area contributed by atoms with Crippen molar-refractivity contribution >= 4 is 21.4 Å². The lowest BCUT2D eigenvalue weighted by atomic mass is 10.1. The molecule has 0 bridgehead atoms. The molecule has 114 valence electrons. The number of nitriles is 1. The summed E-state index contributed by atoms with van der Waals surface area (Å²) in [5, 5.41) is 19.2. The third-order valence-electron chi connectivity index (χ3n) is 3.17. The number of nitrogens with zero attached hydrogens (tertiary/aromatic N) is 1. The molecule has 0 aromatic heterocycles. The van der Waals surface area contributed by atoms with E-state index >= 15 is 0 Å². The van der Waals surface area contributed by atoms with Gasteiger partial charge in [-0.15, -0.1) is 0 Å². The van der Waals surface area contributed by atoms with Gasteiger partial charge in [-0.1, -0.05) is 41.9 Å². The van der Waals surface area contributed by atoms with Gasteiger partial charge in [0.15, 0.2) is 9.84 Å². The van der Waals surface area contributed by atoms with E-state index in [0.29, 0.717) is 21.7 Å². The van der Waals surface area contributed by atoms with Gasteiger partial charge in [0.05, 0.1) is 29.2 Å². The minimum absolute atomic E-state index is 0.222. The van der Waals surface area contributed by atoms with Crippen molar-refractivity contribution in [1.82, 2.24) is 0 Å². The third-order valence-corrected chi connectivity index (χ3v) is 5.11.